The van der Waals surface area contributed by atoms with Crippen LogP contribution in [0.3, 0.4) is 0 Å². The molecule has 2 N–H and O–H groups in total. The van der Waals surface area contributed by atoms with Gasteiger partial charge in [-0.25, -0.2) is 13.9 Å². The number of nitrogens with zero attached hydrogens (tertiary/aromatic N) is 1. The fourth-order valence-electron chi connectivity index (χ4n) is 4.15. The largest absolute Gasteiger partial charge is 0.497 e. The Bertz CT molecular complexity index is 882. The summed E-state index contributed by atoms with van der Waals surface area (Å²) in [7, 11) is -2.13. The Balaban J connectivity index is 2.17. The molecule has 1 aliphatic heterocycles. The molecule has 2 atom stereocenters. The fraction of sp³-hybridized carbons (Fsp3) is 0.667. The van der Waals surface area contributed by atoms with Gasteiger partial charge in [-0.05, 0) is 62.8 Å². The summed E-state index contributed by atoms with van der Waals surface area (Å²) in [5, 5.41) is 2.92. The van der Waals surface area contributed by atoms with Crippen molar-refractivity contribution in [2.45, 2.75) is 51.3 Å². The highest BCUT2D eigenvalue weighted by Crippen LogP contribution is 2.26. The Kier molecular flexibility index (Phi) is 11.3. The van der Waals surface area contributed by atoms with E-state index in [0.717, 1.165) is 19.3 Å². The van der Waals surface area contributed by atoms with Gasteiger partial charge in [0, 0.05) is 19.6 Å². The van der Waals surface area contributed by atoms with E-state index in [1.54, 1.807) is 19.1 Å². The van der Waals surface area contributed by atoms with Crippen LogP contribution in [0, 0.1) is 17.8 Å². The van der Waals surface area contributed by atoms with Crippen LogP contribution in [0.1, 0.15) is 46.5 Å². The lowest BCUT2D eigenvalue weighted by Gasteiger charge is -2.34. The number of benzene rings is 1. The lowest BCUT2D eigenvalue weighted by atomic mass is 9.83. The predicted octanol–water partition coefficient (Wildman–Crippen LogP) is 2.37. The van der Waals surface area contributed by atoms with E-state index in [1.165, 1.54) is 19.2 Å². The zero-order valence-electron chi connectivity index (χ0n) is 20.7. The molecule has 0 saturated carbocycles. The van der Waals surface area contributed by atoms with Crippen LogP contribution in [-0.4, -0.2) is 64.4 Å². The van der Waals surface area contributed by atoms with Crippen molar-refractivity contribution in [1.29, 1.82) is 0 Å². The van der Waals surface area contributed by atoms with Crippen molar-refractivity contribution in [3.05, 3.63) is 24.3 Å². The van der Waals surface area contributed by atoms with E-state index in [1.807, 2.05) is 18.7 Å². The van der Waals surface area contributed by atoms with Gasteiger partial charge in [-0.3, -0.25) is 14.4 Å². The number of nitrogens with one attached hydrogen (secondary N) is 2. The number of hydrogen-bond donors (Lipinski definition) is 2. The second-order valence-corrected chi connectivity index (χ2v) is 11.0. The Morgan fingerprint density at radius 1 is 1.06 bits per heavy atom. The fourth-order valence-corrected chi connectivity index (χ4v) is 5.25. The smallest absolute Gasteiger partial charge is 0.248 e. The van der Waals surface area contributed by atoms with E-state index in [9.17, 15) is 18.0 Å². The van der Waals surface area contributed by atoms with Crippen LogP contribution in [0.5, 0.6) is 5.75 Å². The van der Waals surface area contributed by atoms with Crippen LogP contribution in [0.2, 0.25) is 0 Å². The minimum Gasteiger partial charge on any atom is -0.497 e. The second kappa shape index (κ2) is 13.7. The molecular formula is C24H39N3O6S. The molecule has 0 radical (unpaired) electrons. The molecule has 9 nitrogen and oxygen atoms in total. The van der Waals surface area contributed by atoms with Gasteiger partial charge in [-0.1, -0.05) is 13.8 Å². The number of hydroxylamine groups is 1. The summed E-state index contributed by atoms with van der Waals surface area (Å²) in [6.45, 7) is 7.46. The number of hydrogen-bond acceptors (Lipinski definition) is 7. The summed E-state index contributed by atoms with van der Waals surface area (Å²) in [4.78, 5) is 33.5. The SMILES string of the molecule is CCONC(=O)C(CNCS(=O)(=O)c1ccc(OC)cc1)C(CC(C)C)C(=O)N1CCCCC1. The van der Waals surface area contributed by atoms with Crippen molar-refractivity contribution in [1.82, 2.24) is 15.7 Å². The molecule has 1 aromatic carbocycles. The summed E-state index contributed by atoms with van der Waals surface area (Å²) in [6, 6.07) is 6.13. The van der Waals surface area contributed by atoms with Crippen molar-refractivity contribution in [3.63, 3.8) is 0 Å². The first-order valence-corrected chi connectivity index (χ1v) is 13.6. The zero-order chi connectivity index (χ0) is 25.1. The highest BCUT2D eigenvalue weighted by atomic mass is 32.2. The molecule has 1 aromatic rings. The van der Waals surface area contributed by atoms with Crippen LogP contribution < -0.4 is 15.5 Å². The van der Waals surface area contributed by atoms with Gasteiger partial charge in [0.05, 0.1) is 30.4 Å². The van der Waals surface area contributed by atoms with Gasteiger partial charge in [-0.2, -0.15) is 0 Å². The Morgan fingerprint density at radius 3 is 2.26 bits per heavy atom. The molecule has 0 aliphatic carbocycles. The Morgan fingerprint density at radius 2 is 1.71 bits per heavy atom. The quantitative estimate of drug-likeness (QED) is 0.402. The zero-order valence-corrected chi connectivity index (χ0v) is 21.5. The van der Waals surface area contributed by atoms with Crippen molar-refractivity contribution in [2.75, 3.05) is 39.2 Å². The van der Waals surface area contributed by atoms with Crippen molar-refractivity contribution < 1.29 is 27.6 Å². The van der Waals surface area contributed by atoms with E-state index < -0.39 is 27.6 Å². The van der Waals surface area contributed by atoms with Gasteiger partial charge >= 0.3 is 0 Å². The first kappa shape index (κ1) is 28.1. The molecule has 1 aliphatic rings. The number of rotatable bonds is 13. The molecule has 10 heteroatoms. The summed E-state index contributed by atoms with van der Waals surface area (Å²) >= 11 is 0. The normalized spacial score (nSPS) is 16.2. The minimum atomic E-state index is -3.64. The molecule has 2 unspecified atom stereocenters. The van der Waals surface area contributed by atoms with Gasteiger partial charge in [0.2, 0.25) is 11.8 Å². The average molecular weight is 498 g/mol. The number of likely N-dealkylation sites (tertiary alicyclic amines) is 1. The van der Waals surface area contributed by atoms with E-state index in [2.05, 4.69) is 10.8 Å². The molecule has 0 bridgehead atoms. The van der Waals surface area contributed by atoms with Crippen LogP contribution in [0.25, 0.3) is 0 Å². The van der Waals surface area contributed by atoms with Gasteiger partial charge in [0.1, 0.15) is 11.6 Å². The molecule has 2 amide bonds. The first-order valence-electron chi connectivity index (χ1n) is 12.0. The van der Waals surface area contributed by atoms with Gasteiger partial charge in [0.15, 0.2) is 9.84 Å². The number of carbonyl (C=O) groups excluding carboxylic acids is 2. The minimum absolute atomic E-state index is 0.0330. The van der Waals surface area contributed by atoms with E-state index >= 15 is 0 Å². The van der Waals surface area contributed by atoms with E-state index in [4.69, 9.17) is 9.57 Å². The lowest BCUT2D eigenvalue weighted by molar-refractivity contribution is -0.148. The maximum Gasteiger partial charge on any atom is 0.248 e. The third kappa shape index (κ3) is 8.25. The maximum absolute atomic E-state index is 13.4. The highest BCUT2D eigenvalue weighted by Gasteiger charge is 2.37. The first-order chi connectivity index (χ1) is 16.2. The number of ether oxygens (including phenoxy) is 1. The molecule has 1 fully saturated rings. The Hall–Kier alpha value is -2.17. The van der Waals surface area contributed by atoms with Crippen LogP contribution in [0.15, 0.2) is 29.2 Å². The lowest BCUT2D eigenvalue weighted by Crippen LogP contribution is -2.49. The summed E-state index contributed by atoms with van der Waals surface area (Å²) in [5.41, 5.74) is 2.42. The number of methoxy groups -OCH3 is 1. The van der Waals surface area contributed by atoms with E-state index in [0.29, 0.717) is 25.3 Å². The van der Waals surface area contributed by atoms with Gasteiger partial charge in [0.25, 0.3) is 0 Å². The molecule has 1 saturated heterocycles. The maximum atomic E-state index is 13.4. The average Bonchev–Trinajstić information content (AvgIpc) is 2.84. The molecule has 0 spiro atoms. The molecular weight excluding hydrogens is 458 g/mol. The summed E-state index contributed by atoms with van der Waals surface area (Å²) in [5.74, 6) is -1.43. The number of amides is 2. The molecule has 1 heterocycles. The standard InChI is InChI=1S/C24H39N3O6S/c1-5-33-26-23(28)22(21(15-18(2)3)24(29)27-13-7-6-8-14-27)16-25-17-34(30,31)20-11-9-19(32-4)10-12-20/h9-12,18,21-22,25H,5-8,13-17H2,1-4H3,(H,26,28). The van der Waals surface area contributed by atoms with Crippen LogP contribution >= 0.6 is 0 Å². The molecule has 0 aromatic heterocycles. The van der Waals surface area contributed by atoms with Crippen LogP contribution in [0.4, 0.5) is 0 Å². The number of piperidine rings is 1. The van der Waals surface area contributed by atoms with Gasteiger partial charge in [-0.15, -0.1) is 0 Å². The van der Waals surface area contributed by atoms with Crippen LogP contribution in [-0.2, 0) is 24.3 Å². The number of carbonyl (C=O) groups is 2. The highest BCUT2D eigenvalue weighted by molar-refractivity contribution is 7.91. The Labute approximate surface area is 203 Å². The molecule has 34 heavy (non-hydrogen) atoms. The number of sulfone groups is 1. The third-order valence-electron chi connectivity index (χ3n) is 5.92. The third-order valence-corrected chi connectivity index (χ3v) is 7.50. The summed E-state index contributed by atoms with van der Waals surface area (Å²) in [6.07, 6.45) is 3.52. The van der Waals surface area contributed by atoms with Crippen molar-refractivity contribution in [2.24, 2.45) is 17.8 Å². The predicted molar refractivity (Wildman–Crippen MR) is 130 cm³/mol. The topological polar surface area (TPSA) is 114 Å². The van der Waals surface area contributed by atoms with Crippen molar-refractivity contribution in [3.8, 4) is 5.75 Å². The summed E-state index contributed by atoms with van der Waals surface area (Å²) < 4.78 is 30.6. The monoisotopic (exact) mass is 497 g/mol. The van der Waals surface area contributed by atoms with E-state index in [-0.39, 0.29) is 35.7 Å². The van der Waals surface area contributed by atoms with Crippen molar-refractivity contribution >= 4 is 21.7 Å². The second-order valence-electron chi connectivity index (χ2n) is 9.02. The molecule has 2 rings (SSSR count). The molecule has 192 valence electrons. The van der Waals surface area contributed by atoms with Gasteiger partial charge < -0.3 is 15.0 Å².